The molecule has 0 N–H and O–H groups in total. The minimum Gasteiger partial charge on any atom is -0.335 e. The number of allylic oxidation sites excluding steroid dienone is 3. The van der Waals surface area contributed by atoms with Gasteiger partial charge in [0.25, 0.3) is 0 Å². The molecule has 0 saturated carbocycles. The molecule has 0 aliphatic heterocycles. The number of nitrogens with zero attached hydrogens (tertiary/aromatic N) is 1. The summed E-state index contributed by atoms with van der Waals surface area (Å²) in [5.41, 5.74) is 2.70. The van der Waals surface area contributed by atoms with Crippen molar-refractivity contribution in [1.29, 1.82) is 0 Å². The van der Waals surface area contributed by atoms with E-state index >= 15 is 0 Å². The van der Waals surface area contributed by atoms with Crippen LogP contribution in [-0.4, -0.2) is 23.9 Å². The molecule has 0 aromatic carbocycles. The standard InChI is InChI=1S/C17H29NO/c1-6-9-17(19)18(13-7-2)14-12-16(5)11-8-10-15(3)4/h7,10,12H,2,6,8-9,11,13-14H2,1,3-5H3/b16-12+. The number of carbonyl (C=O) groups is 1. The summed E-state index contributed by atoms with van der Waals surface area (Å²) in [5.74, 6) is 0.218. The lowest BCUT2D eigenvalue weighted by molar-refractivity contribution is -0.130. The molecule has 0 aliphatic rings. The van der Waals surface area contributed by atoms with Gasteiger partial charge in [-0.05, 0) is 40.0 Å². The Balaban J connectivity index is 4.31. The molecular formula is C17H29NO. The Morgan fingerprint density at radius 3 is 2.32 bits per heavy atom. The van der Waals surface area contributed by atoms with Crippen LogP contribution in [0.15, 0.2) is 36.0 Å². The average molecular weight is 263 g/mol. The minimum atomic E-state index is 0.218. The van der Waals surface area contributed by atoms with Crippen LogP contribution in [0.4, 0.5) is 0 Å². The first-order valence-corrected chi connectivity index (χ1v) is 7.18. The van der Waals surface area contributed by atoms with Gasteiger partial charge < -0.3 is 4.90 Å². The molecule has 0 radical (unpaired) electrons. The zero-order valence-corrected chi connectivity index (χ0v) is 13.0. The highest BCUT2D eigenvalue weighted by Gasteiger charge is 2.08. The SMILES string of the molecule is C=CCN(C/C=C(\C)CCC=C(C)C)C(=O)CCC. The maximum Gasteiger partial charge on any atom is 0.223 e. The van der Waals surface area contributed by atoms with Crippen LogP contribution >= 0.6 is 0 Å². The quantitative estimate of drug-likeness (QED) is 0.561. The van der Waals surface area contributed by atoms with Gasteiger partial charge in [-0.3, -0.25) is 4.79 Å². The maximum absolute atomic E-state index is 11.9. The van der Waals surface area contributed by atoms with Crippen molar-refractivity contribution in [2.75, 3.05) is 13.1 Å². The molecule has 1 amide bonds. The molecule has 0 bridgehead atoms. The Morgan fingerprint density at radius 1 is 1.11 bits per heavy atom. The Morgan fingerprint density at radius 2 is 1.79 bits per heavy atom. The van der Waals surface area contributed by atoms with Gasteiger partial charge in [0, 0.05) is 19.5 Å². The Bertz CT molecular complexity index is 335. The zero-order valence-electron chi connectivity index (χ0n) is 13.0. The third-order valence-corrected chi connectivity index (χ3v) is 2.92. The van der Waals surface area contributed by atoms with E-state index in [0.29, 0.717) is 19.5 Å². The molecule has 0 aliphatic carbocycles. The lowest BCUT2D eigenvalue weighted by atomic mass is 10.1. The first-order chi connectivity index (χ1) is 9.01. The zero-order chi connectivity index (χ0) is 14.7. The summed E-state index contributed by atoms with van der Waals surface area (Å²) in [5, 5.41) is 0. The monoisotopic (exact) mass is 263 g/mol. The Labute approximate surface area is 118 Å². The fraction of sp³-hybridized carbons (Fsp3) is 0.588. The van der Waals surface area contributed by atoms with Gasteiger partial charge in [-0.15, -0.1) is 6.58 Å². The van der Waals surface area contributed by atoms with Crippen molar-refractivity contribution >= 4 is 5.91 Å². The van der Waals surface area contributed by atoms with Gasteiger partial charge >= 0.3 is 0 Å². The first kappa shape index (κ1) is 17.7. The second-order valence-corrected chi connectivity index (χ2v) is 5.21. The van der Waals surface area contributed by atoms with Crippen LogP contribution in [0, 0.1) is 0 Å². The van der Waals surface area contributed by atoms with E-state index < -0.39 is 0 Å². The van der Waals surface area contributed by atoms with Crippen molar-refractivity contribution in [3.05, 3.63) is 36.0 Å². The molecule has 2 heteroatoms. The van der Waals surface area contributed by atoms with E-state index in [4.69, 9.17) is 0 Å². The molecule has 0 saturated heterocycles. The third kappa shape index (κ3) is 9.29. The Kier molecular flexibility index (Phi) is 9.87. The summed E-state index contributed by atoms with van der Waals surface area (Å²) in [6.07, 6.45) is 9.87. The van der Waals surface area contributed by atoms with Crippen molar-refractivity contribution in [3.8, 4) is 0 Å². The predicted molar refractivity (Wildman–Crippen MR) is 84.1 cm³/mol. The summed E-state index contributed by atoms with van der Waals surface area (Å²) < 4.78 is 0. The number of carbonyl (C=O) groups excluding carboxylic acids is 1. The van der Waals surface area contributed by atoms with Crippen molar-refractivity contribution in [2.24, 2.45) is 0 Å². The number of amides is 1. The molecule has 0 fully saturated rings. The van der Waals surface area contributed by atoms with E-state index in [1.54, 1.807) is 6.08 Å². The second kappa shape index (κ2) is 10.6. The fourth-order valence-corrected chi connectivity index (χ4v) is 1.76. The molecule has 0 spiro atoms. The van der Waals surface area contributed by atoms with Crippen LogP contribution in [0.1, 0.15) is 53.4 Å². The predicted octanol–water partition coefficient (Wildman–Crippen LogP) is 4.49. The molecule has 19 heavy (non-hydrogen) atoms. The molecule has 2 nitrogen and oxygen atoms in total. The normalized spacial score (nSPS) is 11.1. The molecule has 0 rings (SSSR count). The highest BCUT2D eigenvalue weighted by atomic mass is 16.2. The van der Waals surface area contributed by atoms with Gasteiger partial charge in [0.05, 0.1) is 0 Å². The second-order valence-electron chi connectivity index (χ2n) is 5.21. The third-order valence-electron chi connectivity index (χ3n) is 2.92. The topological polar surface area (TPSA) is 20.3 Å². The fourth-order valence-electron chi connectivity index (χ4n) is 1.76. The molecule has 0 aromatic rings. The lowest BCUT2D eigenvalue weighted by Gasteiger charge is -2.19. The van der Waals surface area contributed by atoms with E-state index in [1.807, 2.05) is 11.8 Å². The largest absolute Gasteiger partial charge is 0.335 e. The number of hydrogen-bond acceptors (Lipinski definition) is 1. The molecule has 0 heterocycles. The van der Waals surface area contributed by atoms with E-state index in [-0.39, 0.29) is 5.91 Å². The summed E-state index contributed by atoms with van der Waals surface area (Å²) in [7, 11) is 0. The summed E-state index contributed by atoms with van der Waals surface area (Å²) in [6, 6.07) is 0. The smallest absolute Gasteiger partial charge is 0.223 e. The molecule has 0 atom stereocenters. The minimum absolute atomic E-state index is 0.218. The summed E-state index contributed by atoms with van der Waals surface area (Å²) in [4.78, 5) is 13.8. The van der Waals surface area contributed by atoms with E-state index in [2.05, 4.69) is 39.5 Å². The maximum atomic E-state index is 11.9. The van der Waals surface area contributed by atoms with Gasteiger partial charge in [0.15, 0.2) is 0 Å². The average Bonchev–Trinajstić information content (AvgIpc) is 2.34. The lowest BCUT2D eigenvalue weighted by Crippen LogP contribution is -2.31. The van der Waals surface area contributed by atoms with E-state index in [9.17, 15) is 4.79 Å². The van der Waals surface area contributed by atoms with Crippen LogP contribution in [0.5, 0.6) is 0 Å². The van der Waals surface area contributed by atoms with Crippen molar-refractivity contribution < 1.29 is 4.79 Å². The van der Waals surface area contributed by atoms with Crippen molar-refractivity contribution in [2.45, 2.75) is 53.4 Å². The van der Waals surface area contributed by atoms with Crippen LogP contribution in [0.2, 0.25) is 0 Å². The van der Waals surface area contributed by atoms with Gasteiger partial charge in [-0.1, -0.05) is 36.3 Å². The molecular weight excluding hydrogens is 234 g/mol. The van der Waals surface area contributed by atoms with E-state index in [0.717, 1.165) is 19.3 Å². The van der Waals surface area contributed by atoms with E-state index in [1.165, 1.54) is 11.1 Å². The van der Waals surface area contributed by atoms with Gasteiger partial charge in [0.1, 0.15) is 0 Å². The van der Waals surface area contributed by atoms with Gasteiger partial charge in [0.2, 0.25) is 5.91 Å². The van der Waals surface area contributed by atoms with Crippen LogP contribution in [0.25, 0.3) is 0 Å². The highest BCUT2D eigenvalue weighted by molar-refractivity contribution is 5.76. The number of rotatable bonds is 9. The summed E-state index contributed by atoms with van der Waals surface area (Å²) >= 11 is 0. The number of hydrogen-bond donors (Lipinski definition) is 0. The van der Waals surface area contributed by atoms with Gasteiger partial charge in [-0.2, -0.15) is 0 Å². The summed E-state index contributed by atoms with van der Waals surface area (Å²) in [6.45, 7) is 13.5. The highest BCUT2D eigenvalue weighted by Crippen LogP contribution is 2.07. The van der Waals surface area contributed by atoms with Crippen molar-refractivity contribution in [1.82, 2.24) is 4.90 Å². The first-order valence-electron chi connectivity index (χ1n) is 7.18. The van der Waals surface area contributed by atoms with Crippen LogP contribution in [-0.2, 0) is 4.79 Å². The van der Waals surface area contributed by atoms with Gasteiger partial charge in [-0.25, -0.2) is 0 Å². The van der Waals surface area contributed by atoms with Crippen LogP contribution < -0.4 is 0 Å². The molecule has 108 valence electrons. The Hall–Kier alpha value is -1.31. The molecule has 0 unspecified atom stereocenters. The van der Waals surface area contributed by atoms with Crippen molar-refractivity contribution in [3.63, 3.8) is 0 Å². The molecule has 0 aromatic heterocycles. The van der Waals surface area contributed by atoms with Crippen LogP contribution in [0.3, 0.4) is 0 Å².